The molecule has 9 nitrogen and oxygen atoms in total. The second-order valence-electron chi connectivity index (χ2n) is 6.23. The molecule has 0 aliphatic rings. The van der Waals surface area contributed by atoms with E-state index in [0.29, 0.717) is 12.2 Å². The van der Waals surface area contributed by atoms with Crippen molar-refractivity contribution in [2.75, 3.05) is 17.9 Å². The number of esters is 1. The van der Waals surface area contributed by atoms with Crippen molar-refractivity contribution >= 4 is 33.6 Å². The molecule has 0 unspecified atom stereocenters. The lowest BCUT2D eigenvalue weighted by atomic mass is 10.2. The maximum absolute atomic E-state index is 12.9. The predicted octanol–water partition coefficient (Wildman–Crippen LogP) is 1.90. The molecule has 0 bridgehead atoms. The van der Waals surface area contributed by atoms with Gasteiger partial charge in [0.05, 0.1) is 16.1 Å². The van der Waals surface area contributed by atoms with Crippen molar-refractivity contribution in [1.82, 2.24) is 10.6 Å². The van der Waals surface area contributed by atoms with Gasteiger partial charge in [0, 0.05) is 13.6 Å². The van der Waals surface area contributed by atoms with Crippen LogP contribution in [-0.4, -0.2) is 46.0 Å². The second kappa shape index (κ2) is 9.88. The number of carbonyl (C=O) groups excluding carboxylic acids is 3. The number of hydrogen-bond acceptors (Lipinski definition) is 6. The van der Waals surface area contributed by atoms with Crippen molar-refractivity contribution in [3.05, 3.63) is 60.2 Å². The third-order valence-corrected chi connectivity index (χ3v) is 5.86. The summed E-state index contributed by atoms with van der Waals surface area (Å²) in [6.07, 6.45) is -1.26. The highest BCUT2D eigenvalue weighted by Crippen LogP contribution is 2.22. The zero-order chi connectivity index (χ0) is 22.3. The van der Waals surface area contributed by atoms with E-state index in [1.165, 1.54) is 38.2 Å². The first-order valence-electron chi connectivity index (χ1n) is 9.10. The van der Waals surface area contributed by atoms with E-state index in [4.69, 9.17) is 4.74 Å². The van der Waals surface area contributed by atoms with Crippen LogP contribution in [0.25, 0.3) is 0 Å². The van der Waals surface area contributed by atoms with Gasteiger partial charge >= 0.3 is 12.0 Å². The topological polar surface area (TPSA) is 122 Å². The first-order valence-corrected chi connectivity index (χ1v) is 10.5. The molecule has 0 aliphatic heterocycles. The summed E-state index contributed by atoms with van der Waals surface area (Å²) in [7, 11) is -2.52. The van der Waals surface area contributed by atoms with Crippen molar-refractivity contribution in [1.29, 1.82) is 0 Å². The molecule has 0 saturated heterocycles. The summed E-state index contributed by atoms with van der Waals surface area (Å²) in [6.45, 7) is 3.31. The van der Waals surface area contributed by atoms with Crippen LogP contribution in [-0.2, 0) is 19.6 Å². The Kier molecular flexibility index (Phi) is 7.54. The van der Waals surface area contributed by atoms with Gasteiger partial charge in [0.15, 0.2) is 6.10 Å². The van der Waals surface area contributed by atoms with E-state index in [-0.39, 0.29) is 10.5 Å². The molecule has 0 spiro atoms. The Labute approximate surface area is 175 Å². The second-order valence-corrected chi connectivity index (χ2v) is 8.20. The molecule has 160 valence electrons. The van der Waals surface area contributed by atoms with Gasteiger partial charge in [-0.15, -0.1) is 0 Å². The number of hydrogen-bond donors (Lipinski definition) is 2. The van der Waals surface area contributed by atoms with Crippen molar-refractivity contribution in [3.8, 4) is 0 Å². The van der Waals surface area contributed by atoms with E-state index in [2.05, 4.69) is 5.32 Å². The number of amides is 3. The van der Waals surface area contributed by atoms with Gasteiger partial charge in [0.25, 0.3) is 15.9 Å². The maximum atomic E-state index is 12.9. The minimum absolute atomic E-state index is 0.0461. The fraction of sp³-hybridized carbons (Fsp3) is 0.250. The Morgan fingerprint density at radius 3 is 2.37 bits per heavy atom. The van der Waals surface area contributed by atoms with Crippen LogP contribution in [0.5, 0.6) is 0 Å². The van der Waals surface area contributed by atoms with Crippen LogP contribution in [0.1, 0.15) is 24.2 Å². The number of imide groups is 1. The van der Waals surface area contributed by atoms with Crippen LogP contribution in [0.15, 0.2) is 59.5 Å². The van der Waals surface area contributed by atoms with E-state index in [9.17, 15) is 22.8 Å². The normalized spacial score (nSPS) is 11.8. The number of carbonyl (C=O) groups is 3. The number of urea groups is 1. The third-order valence-electron chi connectivity index (χ3n) is 4.08. The zero-order valence-corrected chi connectivity index (χ0v) is 17.6. The number of anilines is 1. The number of sulfonamides is 1. The van der Waals surface area contributed by atoms with Crippen molar-refractivity contribution in [2.45, 2.75) is 24.8 Å². The molecule has 0 aromatic heterocycles. The van der Waals surface area contributed by atoms with Crippen molar-refractivity contribution in [3.63, 3.8) is 0 Å². The minimum Gasteiger partial charge on any atom is -0.449 e. The van der Waals surface area contributed by atoms with Gasteiger partial charge in [-0.05, 0) is 44.2 Å². The van der Waals surface area contributed by atoms with Gasteiger partial charge in [-0.1, -0.05) is 24.3 Å². The molecule has 2 rings (SSSR count). The van der Waals surface area contributed by atoms with E-state index in [1.807, 2.05) is 5.32 Å². The van der Waals surface area contributed by atoms with Gasteiger partial charge in [-0.3, -0.25) is 14.4 Å². The van der Waals surface area contributed by atoms with Gasteiger partial charge < -0.3 is 10.1 Å². The molecule has 0 heterocycles. The lowest BCUT2D eigenvalue weighted by molar-refractivity contribution is -0.127. The predicted molar refractivity (Wildman–Crippen MR) is 111 cm³/mol. The summed E-state index contributed by atoms with van der Waals surface area (Å²) in [6, 6.07) is 13.1. The number of para-hydroxylation sites is 1. The quantitative estimate of drug-likeness (QED) is 0.643. The molecule has 30 heavy (non-hydrogen) atoms. The molecule has 1 atom stereocenters. The number of rotatable bonds is 7. The lowest BCUT2D eigenvalue weighted by Gasteiger charge is -2.20. The number of nitrogens with one attached hydrogen (secondary N) is 2. The molecule has 10 heteroatoms. The molecule has 2 aromatic carbocycles. The Bertz CT molecular complexity index is 1020. The molecular weight excluding hydrogens is 410 g/mol. The molecule has 0 radical (unpaired) electrons. The van der Waals surface area contributed by atoms with E-state index < -0.39 is 34.0 Å². The fourth-order valence-corrected chi connectivity index (χ4v) is 3.66. The standard InChI is InChI=1S/C20H23N3O6S/c1-4-21-20(26)22-18(24)14(2)29-19(25)15-9-8-12-17(13-15)30(27,28)23(3)16-10-6-5-7-11-16/h5-14H,4H2,1-3H3,(H2,21,22,24,26)/t14-/m1/s1. The van der Waals surface area contributed by atoms with Crippen LogP contribution in [0.4, 0.5) is 10.5 Å². The smallest absolute Gasteiger partial charge is 0.338 e. The third kappa shape index (κ3) is 5.57. The molecule has 0 saturated carbocycles. The lowest BCUT2D eigenvalue weighted by Crippen LogP contribution is -2.44. The molecular formula is C20H23N3O6S. The van der Waals surface area contributed by atoms with E-state index >= 15 is 0 Å². The number of ether oxygens (including phenoxy) is 1. The monoisotopic (exact) mass is 433 g/mol. The van der Waals surface area contributed by atoms with E-state index in [0.717, 1.165) is 4.31 Å². The Morgan fingerprint density at radius 1 is 1.07 bits per heavy atom. The van der Waals surface area contributed by atoms with Crippen LogP contribution in [0.3, 0.4) is 0 Å². The summed E-state index contributed by atoms with van der Waals surface area (Å²) in [5, 5.41) is 4.42. The molecule has 2 aromatic rings. The molecule has 0 fully saturated rings. The highest BCUT2D eigenvalue weighted by molar-refractivity contribution is 7.92. The average molecular weight is 433 g/mol. The van der Waals surface area contributed by atoms with Gasteiger partial charge in [0.1, 0.15) is 0 Å². The first-order chi connectivity index (χ1) is 14.2. The van der Waals surface area contributed by atoms with E-state index in [1.54, 1.807) is 37.3 Å². The molecule has 2 N–H and O–H groups in total. The first kappa shape index (κ1) is 22.9. The van der Waals surface area contributed by atoms with Crippen LogP contribution < -0.4 is 14.9 Å². The van der Waals surface area contributed by atoms with Gasteiger partial charge in [-0.25, -0.2) is 18.0 Å². The minimum atomic E-state index is -3.92. The summed E-state index contributed by atoms with van der Waals surface area (Å²) in [4.78, 5) is 35.6. The Morgan fingerprint density at radius 2 is 1.73 bits per heavy atom. The maximum Gasteiger partial charge on any atom is 0.338 e. The van der Waals surface area contributed by atoms with Crippen molar-refractivity contribution in [2.24, 2.45) is 0 Å². The summed E-state index contributed by atoms with van der Waals surface area (Å²) in [5.41, 5.74) is 0.413. The molecule has 0 aliphatic carbocycles. The summed E-state index contributed by atoms with van der Waals surface area (Å²) >= 11 is 0. The van der Waals surface area contributed by atoms with Crippen LogP contribution in [0.2, 0.25) is 0 Å². The highest BCUT2D eigenvalue weighted by Gasteiger charge is 2.24. The van der Waals surface area contributed by atoms with Gasteiger partial charge in [-0.2, -0.15) is 0 Å². The number of nitrogens with zero attached hydrogens (tertiary/aromatic N) is 1. The average Bonchev–Trinajstić information content (AvgIpc) is 2.73. The van der Waals surface area contributed by atoms with Crippen molar-refractivity contribution < 1.29 is 27.5 Å². The fourth-order valence-electron chi connectivity index (χ4n) is 2.42. The highest BCUT2D eigenvalue weighted by atomic mass is 32.2. The zero-order valence-electron chi connectivity index (χ0n) is 16.8. The number of benzene rings is 2. The van der Waals surface area contributed by atoms with Crippen LogP contribution >= 0.6 is 0 Å². The summed E-state index contributed by atoms with van der Waals surface area (Å²) in [5.74, 6) is -1.70. The largest absolute Gasteiger partial charge is 0.449 e. The Hall–Kier alpha value is -3.40. The SMILES string of the molecule is CCNC(=O)NC(=O)[C@@H](C)OC(=O)c1cccc(S(=O)(=O)N(C)c2ccccc2)c1. The molecule has 3 amide bonds. The van der Waals surface area contributed by atoms with Gasteiger partial charge in [0.2, 0.25) is 0 Å². The summed E-state index contributed by atoms with van der Waals surface area (Å²) < 4.78 is 31.9. The Balaban J connectivity index is 2.15. The van der Waals surface area contributed by atoms with Crippen LogP contribution in [0, 0.1) is 0 Å².